The van der Waals surface area contributed by atoms with Crippen molar-refractivity contribution in [3.63, 3.8) is 0 Å². The van der Waals surface area contributed by atoms with E-state index in [0.29, 0.717) is 17.9 Å². The first-order chi connectivity index (χ1) is 13.1. The number of hydrogen-bond acceptors (Lipinski definition) is 5. The normalized spacial score (nSPS) is 24.6. The topological polar surface area (TPSA) is 99.2 Å². The highest BCUT2D eigenvalue weighted by Gasteiger charge is 2.47. The van der Waals surface area contributed by atoms with E-state index in [2.05, 4.69) is 15.2 Å². The number of benzene rings is 1. The second-order valence-corrected chi connectivity index (χ2v) is 8.15. The van der Waals surface area contributed by atoms with Gasteiger partial charge in [0.1, 0.15) is 12.4 Å². The summed E-state index contributed by atoms with van der Waals surface area (Å²) >= 11 is 1.54. The Morgan fingerprint density at radius 1 is 1.22 bits per heavy atom. The van der Waals surface area contributed by atoms with Crippen LogP contribution in [0.5, 0.6) is 0 Å². The molecular formula is C19H22N4O3S. The number of aromatic amines is 1. The lowest BCUT2D eigenvalue weighted by Crippen LogP contribution is -2.46. The number of nitrogens with one attached hydrogen (secondary N) is 1. The number of thioether (sulfide) groups is 1. The van der Waals surface area contributed by atoms with Crippen molar-refractivity contribution in [3.8, 4) is 0 Å². The van der Waals surface area contributed by atoms with Crippen LogP contribution in [0.25, 0.3) is 0 Å². The van der Waals surface area contributed by atoms with Crippen molar-refractivity contribution in [1.29, 1.82) is 0 Å². The van der Waals surface area contributed by atoms with Gasteiger partial charge < -0.3 is 10.0 Å². The summed E-state index contributed by atoms with van der Waals surface area (Å²) < 4.78 is 0. The first-order valence-electron chi connectivity index (χ1n) is 9.26. The van der Waals surface area contributed by atoms with Crippen molar-refractivity contribution < 1.29 is 14.7 Å². The Labute approximate surface area is 161 Å². The molecule has 1 aromatic carbocycles. The molecule has 1 saturated carbocycles. The largest absolute Gasteiger partial charge is 0.480 e. The summed E-state index contributed by atoms with van der Waals surface area (Å²) in [6, 6.07) is 6.80. The van der Waals surface area contributed by atoms with Crippen molar-refractivity contribution in [2.75, 3.05) is 0 Å². The molecule has 2 heterocycles. The van der Waals surface area contributed by atoms with Gasteiger partial charge >= 0.3 is 5.97 Å². The van der Waals surface area contributed by atoms with E-state index in [4.69, 9.17) is 0 Å². The van der Waals surface area contributed by atoms with E-state index >= 15 is 0 Å². The summed E-state index contributed by atoms with van der Waals surface area (Å²) in [5, 5.41) is 17.0. The molecular weight excluding hydrogens is 364 g/mol. The van der Waals surface area contributed by atoms with E-state index in [9.17, 15) is 14.7 Å². The zero-order valence-corrected chi connectivity index (χ0v) is 15.7. The number of aliphatic carboxylic acids is 1. The number of hydrogen-bond donors (Lipinski definition) is 2. The van der Waals surface area contributed by atoms with Crippen LogP contribution in [0.15, 0.2) is 35.7 Å². The van der Waals surface area contributed by atoms with E-state index in [-0.39, 0.29) is 11.9 Å². The summed E-state index contributed by atoms with van der Waals surface area (Å²) in [5.41, 5.74) is 1.63. The fourth-order valence-corrected chi connectivity index (χ4v) is 5.02. The van der Waals surface area contributed by atoms with Crippen LogP contribution in [0.3, 0.4) is 0 Å². The predicted molar refractivity (Wildman–Crippen MR) is 100 cm³/mol. The molecule has 1 saturated heterocycles. The molecule has 7 nitrogen and oxygen atoms in total. The summed E-state index contributed by atoms with van der Waals surface area (Å²) in [6.45, 7) is 0. The number of likely N-dealkylation sites (tertiary alicyclic amines) is 1. The molecule has 1 amide bonds. The van der Waals surface area contributed by atoms with Gasteiger partial charge in [0.25, 0.3) is 5.91 Å². The zero-order chi connectivity index (χ0) is 18.8. The number of carbonyl (C=O) groups excluding carboxylic acids is 1. The smallest absolute Gasteiger partial charge is 0.326 e. The first kappa shape index (κ1) is 18.0. The predicted octanol–water partition coefficient (Wildman–Crippen LogP) is 2.95. The standard InChI is InChI=1S/C19H22N4O3S/c24-17(23-15-4-2-1-3-14(15)9-16(23)18(25)26)13-7-5-12(6-8-13)10-27-19-20-11-21-22-19/h5-8,11,14-16H,1-4,9-10H2,(H,25,26)(H,20,21,22). The van der Waals surface area contributed by atoms with Gasteiger partial charge in [0.15, 0.2) is 5.16 Å². The van der Waals surface area contributed by atoms with Gasteiger partial charge in [0.2, 0.25) is 0 Å². The molecule has 0 spiro atoms. The van der Waals surface area contributed by atoms with Gasteiger partial charge in [-0.3, -0.25) is 9.89 Å². The minimum absolute atomic E-state index is 0.0639. The molecule has 0 radical (unpaired) electrons. The highest BCUT2D eigenvalue weighted by Crippen LogP contribution is 2.40. The van der Waals surface area contributed by atoms with E-state index in [1.165, 1.54) is 18.1 Å². The Morgan fingerprint density at radius 2 is 2.00 bits per heavy atom. The van der Waals surface area contributed by atoms with Crippen LogP contribution in [0.4, 0.5) is 0 Å². The van der Waals surface area contributed by atoms with Crippen molar-refractivity contribution in [2.24, 2.45) is 5.92 Å². The molecule has 1 aromatic heterocycles. The molecule has 8 heteroatoms. The number of nitrogens with zero attached hydrogens (tertiary/aromatic N) is 3. The summed E-state index contributed by atoms with van der Waals surface area (Å²) in [7, 11) is 0. The molecule has 2 fully saturated rings. The molecule has 2 N–H and O–H groups in total. The average molecular weight is 386 g/mol. The lowest BCUT2D eigenvalue weighted by atomic mass is 9.84. The van der Waals surface area contributed by atoms with Gasteiger partial charge in [0.05, 0.1) is 0 Å². The maximum absolute atomic E-state index is 13.1. The van der Waals surface area contributed by atoms with Crippen molar-refractivity contribution in [1.82, 2.24) is 20.1 Å². The van der Waals surface area contributed by atoms with Gasteiger partial charge in [-0.2, -0.15) is 5.10 Å². The Balaban J connectivity index is 1.48. The summed E-state index contributed by atoms with van der Waals surface area (Å²) in [6.07, 6.45) is 6.18. The highest BCUT2D eigenvalue weighted by molar-refractivity contribution is 7.98. The van der Waals surface area contributed by atoms with Crippen LogP contribution in [-0.4, -0.2) is 49.1 Å². The lowest BCUT2D eigenvalue weighted by Gasteiger charge is -2.33. The molecule has 1 aliphatic heterocycles. The number of amides is 1. The third-order valence-electron chi connectivity index (χ3n) is 5.58. The van der Waals surface area contributed by atoms with Gasteiger partial charge in [0, 0.05) is 17.4 Å². The van der Waals surface area contributed by atoms with Crippen molar-refractivity contribution >= 4 is 23.6 Å². The number of aromatic nitrogens is 3. The summed E-state index contributed by atoms with van der Waals surface area (Å²) in [4.78, 5) is 30.6. The van der Waals surface area contributed by atoms with Gasteiger partial charge in [-0.25, -0.2) is 9.78 Å². The van der Waals surface area contributed by atoms with E-state index in [0.717, 1.165) is 42.2 Å². The number of carbonyl (C=O) groups is 2. The number of H-pyrrole nitrogens is 1. The van der Waals surface area contributed by atoms with Gasteiger partial charge in [-0.1, -0.05) is 36.7 Å². The lowest BCUT2D eigenvalue weighted by molar-refractivity contribution is -0.141. The maximum atomic E-state index is 13.1. The van der Waals surface area contributed by atoms with E-state index in [1.54, 1.807) is 17.0 Å². The molecule has 3 atom stereocenters. The second kappa shape index (κ2) is 7.72. The minimum Gasteiger partial charge on any atom is -0.480 e. The fraction of sp³-hybridized carbons (Fsp3) is 0.474. The second-order valence-electron chi connectivity index (χ2n) is 7.19. The summed E-state index contributed by atoms with van der Waals surface area (Å²) in [5.74, 6) is -0.0130. The number of carboxylic acids is 1. The Bertz CT molecular complexity index is 809. The quantitative estimate of drug-likeness (QED) is 0.767. The fourth-order valence-electron chi connectivity index (χ4n) is 4.28. The van der Waals surface area contributed by atoms with Crippen LogP contribution >= 0.6 is 11.8 Å². The minimum atomic E-state index is -0.891. The Kier molecular flexibility index (Phi) is 5.15. The van der Waals surface area contributed by atoms with E-state index < -0.39 is 12.0 Å². The molecule has 1 aliphatic carbocycles. The molecule has 142 valence electrons. The number of rotatable bonds is 5. The van der Waals surface area contributed by atoms with Crippen LogP contribution in [0.2, 0.25) is 0 Å². The highest BCUT2D eigenvalue weighted by atomic mass is 32.2. The molecule has 0 bridgehead atoms. The third-order valence-corrected chi connectivity index (χ3v) is 6.52. The van der Waals surface area contributed by atoms with Crippen LogP contribution < -0.4 is 0 Å². The Morgan fingerprint density at radius 3 is 2.70 bits per heavy atom. The average Bonchev–Trinajstić information content (AvgIpc) is 3.34. The maximum Gasteiger partial charge on any atom is 0.326 e. The SMILES string of the molecule is O=C(O)C1CC2CCCCC2N1C(=O)c1ccc(CSc2ncn[nH]2)cc1. The molecule has 3 unspecified atom stereocenters. The third kappa shape index (κ3) is 3.71. The van der Waals surface area contributed by atoms with Crippen molar-refractivity contribution in [2.45, 2.75) is 55.1 Å². The van der Waals surface area contributed by atoms with Crippen LogP contribution in [-0.2, 0) is 10.5 Å². The number of carboxylic acid groups (broad SMARTS) is 1. The Hall–Kier alpha value is -2.35. The van der Waals surface area contributed by atoms with Gasteiger partial charge in [-0.15, -0.1) is 0 Å². The van der Waals surface area contributed by atoms with Gasteiger partial charge in [-0.05, 0) is 42.9 Å². The van der Waals surface area contributed by atoms with Crippen LogP contribution in [0, 0.1) is 5.92 Å². The molecule has 2 aromatic rings. The number of fused-ring (bicyclic) bond motifs is 1. The van der Waals surface area contributed by atoms with E-state index in [1.807, 2.05) is 12.1 Å². The molecule has 4 rings (SSSR count). The van der Waals surface area contributed by atoms with Crippen LogP contribution in [0.1, 0.15) is 48.0 Å². The monoisotopic (exact) mass is 386 g/mol. The molecule has 27 heavy (non-hydrogen) atoms. The van der Waals surface area contributed by atoms with Crippen molar-refractivity contribution in [3.05, 3.63) is 41.7 Å². The first-order valence-corrected chi connectivity index (χ1v) is 10.2. The molecule has 2 aliphatic rings. The zero-order valence-electron chi connectivity index (χ0n) is 14.9.